The van der Waals surface area contributed by atoms with E-state index >= 15 is 0 Å². The first-order valence-electron chi connectivity index (χ1n) is 26.9. The lowest BCUT2D eigenvalue weighted by Crippen LogP contribution is -2.46. The van der Waals surface area contributed by atoms with Crippen LogP contribution in [0.25, 0.3) is 0 Å². The Kier molecular flexibility index (Phi) is 23.7. The van der Waals surface area contributed by atoms with Gasteiger partial charge < -0.3 is 36.5 Å². The Labute approximate surface area is 454 Å². The highest BCUT2D eigenvalue weighted by atomic mass is 16.5. The van der Waals surface area contributed by atoms with Crippen LogP contribution >= 0.6 is 0 Å². The SMILES string of the molecule is CCCCC[C@H](NC(=O)c1cccc(C(=O)OC)c1)C(=O)NCc1ccccc1.COC(=O)c1cccc(C(=O)N[C@@H](CCCCCC2CC2c2ccccc2)C(=O)NCc2ccccc2)c1.NC1CC1c1ccccc1. The maximum Gasteiger partial charge on any atom is 0.337 e. The van der Waals surface area contributed by atoms with Crippen molar-refractivity contribution < 1.29 is 38.2 Å². The second-order valence-electron chi connectivity index (χ2n) is 19.7. The number of esters is 2. The van der Waals surface area contributed by atoms with Crippen LogP contribution in [0, 0.1) is 5.92 Å². The monoisotopic (exact) mass is 1040 g/mol. The molecule has 0 bridgehead atoms. The van der Waals surface area contributed by atoms with Gasteiger partial charge in [-0.2, -0.15) is 0 Å². The molecule has 2 saturated carbocycles. The summed E-state index contributed by atoms with van der Waals surface area (Å²) >= 11 is 0. The van der Waals surface area contributed by atoms with E-state index in [0.717, 1.165) is 55.6 Å². The highest BCUT2D eigenvalue weighted by Crippen LogP contribution is 2.50. The average Bonchev–Trinajstić information content (AvgIpc) is 4.43. The van der Waals surface area contributed by atoms with Crippen LogP contribution < -0.4 is 27.0 Å². The zero-order valence-electron chi connectivity index (χ0n) is 44.7. The highest BCUT2D eigenvalue weighted by Gasteiger charge is 2.37. The number of carbonyl (C=O) groups is 6. The van der Waals surface area contributed by atoms with E-state index in [9.17, 15) is 28.8 Å². The lowest BCUT2D eigenvalue weighted by atomic mass is 10.0. The Morgan fingerprint density at radius 2 is 0.896 bits per heavy atom. The third kappa shape index (κ3) is 19.6. The van der Waals surface area contributed by atoms with Crippen molar-refractivity contribution in [3.63, 3.8) is 0 Å². The van der Waals surface area contributed by atoms with Gasteiger partial charge in [-0.3, -0.25) is 19.2 Å². The number of hydrogen-bond acceptors (Lipinski definition) is 9. The number of nitrogens with two attached hydrogens (primary N) is 1. The molecule has 2 fully saturated rings. The van der Waals surface area contributed by atoms with Gasteiger partial charge in [0, 0.05) is 36.2 Å². The number of carbonyl (C=O) groups excluding carboxylic acids is 6. The summed E-state index contributed by atoms with van der Waals surface area (Å²) in [6.45, 7) is 2.88. The van der Waals surface area contributed by atoms with E-state index in [0.29, 0.717) is 60.5 Å². The van der Waals surface area contributed by atoms with Crippen LogP contribution in [0.5, 0.6) is 0 Å². The first kappa shape index (κ1) is 58.4. The quantitative estimate of drug-likeness (QED) is 0.0290. The summed E-state index contributed by atoms with van der Waals surface area (Å²) in [5.41, 5.74) is 11.7. The molecule has 0 radical (unpaired) electrons. The number of nitrogens with one attached hydrogen (secondary N) is 4. The molecule has 6 aromatic rings. The molecule has 0 saturated heterocycles. The van der Waals surface area contributed by atoms with Gasteiger partial charge in [0.15, 0.2) is 0 Å². The predicted octanol–water partition coefficient (Wildman–Crippen LogP) is 10.6. The molecule has 77 heavy (non-hydrogen) atoms. The zero-order valence-corrected chi connectivity index (χ0v) is 44.7. The third-order valence-electron chi connectivity index (χ3n) is 13.8. The Morgan fingerprint density at radius 3 is 1.31 bits per heavy atom. The van der Waals surface area contributed by atoms with E-state index in [-0.39, 0.29) is 23.3 Å². The number of rotatable bonds is 24. The molecule has 6 N–H and O–H groups in total. The van der Waals surface area contributed by atoms with Gasteiger partial charge in [0.25, 0.3) is 11.8 Å². The lowest BCUT2D eigenvalue weighted by Gasteiger charge is -2.19. The molecule has 13 nitrogen and oxygen atoms in total. The second-order valence-corrected chi connectivity index (χ2v) is 19.7. The van der Waals surface area contributed by atoms with E-state index in [2.05, 4.69) is 82.8 Å². The molecule has 0 heterocycles. The smallest absolute Gasteiger partial charge is 0.337 e. The number of ether oxygens (including phenoxy) is 2. The summed E-state index contributed by atoms with van der Waals surface area (Å²) in [6, 6.07) is 52.2. The van der Waals surface area contributed by atoms with Crippen molar-refractivity contribution >= 4 is 35.6 Å². The molecule has 0 aromatic heterocycles. The molecule has 13 heteroatoms. The van der Waals surface area contributed by atoms with Crippen molar-refractivity contribution in [1.29, 1.82) is 0 Å². The minimum absolute atomic E-state index is 0.210. The topological polar surface area (TPSA) is 195 Å². The maximum atomic E-state index is 13.1. The molecular weight excluding hydrogens is 967 g/mol. The van der Waals surface area contributed by atoms with Crippen LogP contribution in [0.4, 0.5) is 0 Å². The maximum absolute atomic E-state index is 13.1. The number of benzene rings is 6. The Balaban J connectivity index is 0.000000216. The van der Waals surface area contributed by atoms with Crippen molar-refractivity contribution in [1.82, 2.24) is 21.3 Å². The summed E-state index contributed by atoms with van der Waals surface area (Å²) in [7, 11) is 2.59. The van der Waals surface area contributed by atoms with Crippen LogP contribution in [0.3, 0.4) is 0 Å². The summed E-state index contributed by atoms with van der Waals surface area (Å²) in [4.78, 5) is 75.1. The van der Waals surface area contributed by atoms with Crippen LogP contribution in [0.2, 0.25) is 0 Å². The Morgan fingerprint density at radius 1 is 0.494 bits per heavy atom. The summed E-state index contributed by atoms with van der Waals surface area (Å²) in [6.07, 6.45) is 10.5. The van der Waals surface area contributed by atoms with Gasteiger partial charge in [-0.05, 0) is 103 Å². The molecule has 0 spiro atoms. The van der Waals surface area contributed by atoms with E-state index in [1.54, 1.807) is 36.4 Å². The van der Waals surface area contributed by atoms with E-state index in [1.165, 1.54) is 56.7 Å². The van der Waals surface area contributed by atoms with Crippen LogP contribution in [-0.4, -0.2) is 67.9 Å². The van der Waals surface area contributed by atoms with Crippen molar-refractivity contribution in [3.8, 4) is 0 Å². The highest BCUT2D eigenvalue weighted by molar-refractivity contribution is 6.01. The largest absolute Gasteiger partial charge is 0.465 e. The van der Waals surface area contributed by atoms with E-state index < -0.39 is 29.9 Å². The van der Waals surface area contributed by atoms with Crippen molar-refractivity contribution in [2.45, 2.75) is 121 Å². The zero-order chi connectivity index (χ0) is 54.8. The van der Waals surface area contributed by atoms with Gasteiger partial charge in [-0.1, -0.05) is 179 Å². The number of unbranched alkanes of at least 4 members (excludes halogenated alkanes) is 4. The molecule has 404 valence electrons. The molecule has 2 aliphatic carbocycles. The number of hydrogen-bond donors (Lipinski definition) is 5. The normalized spacial score (nSPS) is 16.5. The van der Waals surface area contributed by atoms with E-state index in [4.69, 9.17) is 15.2 Å². The summed E-state index contributed by atoms with van der Waals surface area (Å²) < 4.78 is 9.45. The van der Waals surface area contributed by atoms with Crippen LogP contribution in [0.15, 0.2) is 170 Å². The van der Waals surface area contributed by atoms with Gasteiger partial charge in [0.2, 0.25) is 11.8 Å². The second kappa shape index (κ2) is 31.2. The standard InChI is InChI=1S/C32H36N2O4.C23H28N2O4.C9H11N/c1-38-32(37)27-18-11-17-26(20-27)30(35)34-29(31(36)33-22-23-12-5-2-6-13-23)19-10-4-9-16-25-21-28(25)24-14-7-3-8-15-24;1-3-4-6-14-20(22(27)24-16-17-10-7-5-8-11-17)25-21(26)18-12-9-13-19(15-18)23(28)29-2;10-9-6-8(9)7-4-2-1-3-5-7/h2-3,5-8,11-15,17-18,20,25,28-29H,4,9-10,16,19,21-22H2,1H3,(H,33,36)(H,34,35);5,7-13,15,20H,3-4,6,14,16H2,1-2H3,(H,24,27)(H,25,26);1-5,8-9H,6,10H2/t25?,28?,29-;20-;/m00./s1. The van der Waals surface area contributed by atoms with Crippen LogP contribution in [0.1, 0.15) is 153 Å². The minimum atomic E-state index is -0.661. The van der Waals surface area contributed by atoms with Crippen molar-refractivity contribution in [3.05, 3.63) is 214 Å². The average molecular weight is 1040 g/mol. The molecular formula is C64H75N5O8. The first-order valence-corrected chi connectivity index (χ1v) is 26.9. The van der Waals surface area contributed by atoms with Gasteiger partial charge in [0.1, 0.15) is 12.1 Å². The van der Waals surface area contributed by atoms with Crippen molar-refractivity contribution in [2.24, 2.45) is 11.7 Å². The lowest BCUT2D eigenvalue weighted by molar-refractivity contribution is -0.124. The number of amides is 4. The predicted molar refractivity (Wildman–Crippen MR) is 301 cm³/mol. The summed E-state index contributed by atoms with van der Waals surface area (Å²) in [5, 5.41) is 11.6. The van der Waals surface area contributed by atoms with Crippen molar-refractivity contribution in [2.75, 3.05) is 14.2 Å². The third-order valence-corrected chi connectivity index (χ3v) is 13.8. The molecule has 8 rings (SSSR count). The molecule has 4 unspecified atom stereocenters. The molecule has 0 aliphatic heterocycles. The number of methoxy groups -OCH3 is 2. The van der Waals surface area contributed by atoms with E-state index in [1.807, 2.05) is 66.7 Å². The molecule has 2 aliphatic rings. The summed E-state index contributed by atoms with van der Waals surface area (Å²) in [5.74, 6) is -0.147. The fourth-order valence-corrected chi connectivity index (χ4v) is 9.15. The first-order chi connectivity index (χ1) is 37.5. The molecule has 4 amide bonds. The van der Waals surface area contributed by atoms with Gasteiger partial charge >= 0.3 is 11.9 Å². The fraction of sp³-hybridized carbons (Fsp3) is 0.344. The molecule has 6 aromatic carbocycles. The fourth-order valence-electron chi connectivity index (χ4n) is 9.15. The van der Waals surface area contributed by atoms with Gasteiger partial charge in [-0.15, -0.1) is 0 Å². The van der Waals surface area contributed by atoms with Gasteiger partial charge in [0.05, 0.1) is 25.3 Å². The molecule has 6 atom stereocenters. The van der Waals surface area contributed by atoms with Gasteiger partial charge in [-0.25, -0.2) is 9.59 Å². The Bertz CT molecular complexity index is 2800. The Hall–Kier alpha value is -7.90. The van der Waals surface area contributed by atoms with Crippen LogP contribution in [-0.2, 0) is 32.2 Å². The minimum Gasteiger partial charge on any atom is -0.465 e.